The van der Waals surface area contributed by atoms with Crippen molar-refractivity contribution in [1.29, 1.82) is 0 Å². The molecule has 1 aliphatic carbocycles. The third-order valence-corrected chi connectivity index (χ3v) is 5.77. The van der Waals surface area contributed by atoms with Gasteiger partial charge >= 0.3 is 5.69 Å². The van der Waals surface area contributed by atoms with E-state index >= 15 is 0 Å². The molecule has 0 bridgehead atoms. The van der Waals surface area contributed by atoms with Crippen LogP contribution >= 0.6 is 11.6 Å². The van der Waals surface area contributed by atoms with Crippen LogP contribution in [0, 0.1) is 5.92 Å². The fraction of sp³-hybridized carbons (Fsp3) is 0.333. The lowest BCUT2D eigenvalue weighted by atomic mass is 9.99. The third-order valence-electron chi connectivity index (χ3n) is 5.52. The highest BCUT2D eigenvalue weighted by atomic mass is 35.5. The highest BCUT2D eigenvalue weighted by molar-refractivity contribution is 6.30. The predicted molar refractivity (Wildman–Crippen MR) is 111 cm³/mol. The first-order valence-corrected chi connectivity index (χ1v) is 9.90. The molecular weight excluding hydrogens is 376 g/mol. The summed E-state index contributed by atoms with van der Waals surface area (Å²) >= 11 is 5.99. The SMILES string of the molecule is N[C@@H]1CCC[C@H]1CC(=O)N(Cc1ccc(Cl)cc1)c1ccc2[nH]c(=O)[nH]c2c1. The Hall–Kier alpha value is -2.57. The van der Waals surface area contributed by atoms with Gasteiger partial charge in [-0.15, -0.1) is 0 Å². The summed E-state index contributed by atoms with van der Waals surface area (Å²) in [5, 5.41) is 0.657. The van der Waals surface area contributed by atoms with Gasteiger partial charge in [-0.2, -0.15) is 0 Å². The molecule has 4 N–H and O–H groups in total. The van der Waals surface area contributed by atoms with Gasteiger partial charge in [0.05, 0.1) is 17.6 Å². The number of hydrogen-bond acceptors (Lipinski definition) is 3. The summed E-state index contributed by atoms with van der Waals surface area (Å²) in [6, 6.07) is 13.1. The number of rotatable bonds is 5. The van der Waals surface area contributed by atoms with Crippen LogP contribution in [0.2, 0.25) is 5.02 Å². The minimum atomic E-state index is -0.264. The highest BCUT2D eigenvalue weighted by Crippen LogP contribution is 2.29. The zero-order valence-electron chi connectivity index (χ0n) is 15.5. The molecule has 2 aromatic carbocycles. The van der Waals surface area contributed by atoms with Crippen molar-refractivity contribution in [3.8, 4) is 0 Å². The molecule has 1 saturated carbocycles. The number of nitrogens with zero attached hydrogens (tertiary/aromatic N) is 1. The van der Waals surface area contributed by atoms with E-state index in [0.717, 1.165) is 30.5 Å². The smallest absolute Gasteiger partial charge is 0.323 e. The Labute approximate surface area is 167 Å². The number of aromatic amines is 2. The van der Waals surface area contributed by atoms with E-state index in [4.69, 9.17) is 17.3 Å². The Morgan fingerprint density at radius 1 is 1.11 bits per heavy atom. The van der Waals surface area contributed by atoms with Crippen molar-refractivity contribution >= 4 is 34.2 Å². The zero-order chi connectivity index (χ0) is 19.7. The highest BCUT2D eigenvalue weighted by Gasteiger charge is 2.28. The number of hydrogen-bond donors (Lipinski definition) is 3. The normalized spacial score (nSPS) is 19.2. The van der Waals surface area contributed by atoms with Crippen molar-refractivity contribution in [3.05, 3.63) is 63.5 Å². The number of benzene rings is 2. The first-order valence-electron chi connectivity index (χ1n) is 9.52. The van der Waals surface area contributed by atoms with E-state index in [-0.39, 0.29) is 23.6 Å². The Balaban J connectivity index is 1.65. The van der Waals surface area contributed by atoms with E-state index < -0.39 is 0 Å². The van der Waals surface area contributed by atoms with Gasteiger partial charge < -0.3 is 20.6 Å². The van der Waals surface area contributed by atoms with Gasteiger partial charge in [0, 0.05) is 23.2 Å². The molecule has 0 saturated heterocycles. The van der Waals surface area contributed by atoms with E-state index in [1.54, 1.807) is 4.90 Å². The maximum atomic E-state index is 13.2. The molecule has 0 radical (unpaired) electrons. The summed E-state index contributed by atoms with van der Waals surface area (Å²) in [5.41, 5.74) is 9.03. The minimum absolute atomic E-state index is 0.0366. The van der Waals surface area contributed by atoms with Crippen LogP contribution < -0.4 is 16.3 Å². The fourth-order valence-corrected chi connectivity index (χ4v) is 4.06. The van der Waals surface area contributed by atoms with Crippen molar-refractivity contribution < 1.29 is 4.79 Å². The van der Waals surface area contributed by atoms with Gasteiger partial charge in [-0.3, -0.25) is 4.79 Å². The van der Waals surface area contributed by atoms with E-state index in [1.165, 1.54) is 0 Å². The van der Waals surface area contributed by atoms with Crippen molar-refractivity contribution in [2.24, 2.45) is 11.7 Å². The minimum Gasteiger partial charge on any atom is -0.327 e. The number of halogens is 1. The van der Waals surface area contributed by atoms with Crippen LogP contribution in [0.25, 0.3) is 11.0 Å². The van der Waals surface area contributed by atoms with Crippen LogP contribution in [0.3, 0.4) is 0 Å². The zero-order valence-corrected chi connectivity index (χ0v) is 16.2. The second kappa shape index (κ2) is 7.81. The van der Waals surface area contributed by atoms with Gasteiger partial charge in [0.2, 0.25) is 5.91 Å². The summed E-state index contributed by atoms with van der Waals surface area (Å²) < 4.78 is 0. The van der Waals surface area contributed by atoms with Crippen molar-refractivity contribution in [3.63, 3.8) is 0 Å². The molecule has 7 heteroatoms. The molecule has 6 nitrogen and oxygen atoms in total. The molecule has 146 valence electrons. The number of H-pyrrole nitrogens is 2. The number of carbonyl (C=O) groups is 1. The molecule has 1 amide bonds. The largest absolute Gasteiger partial charge is 0.327 e. The quantitative estimate of drug-likeness (QED) is 0.613. The number of fused-ring (bicyclic) bond motifs is 1. The second-order valence-corrected chi connectivity index (χ2v) is 7.91. The molecule has 4 rings (SSSR count). The van der Waals surface area contributed by atoms with Gasteiger partial charge in [0.15, 0.2) is 0 Å². The molecule has 28 heavy (non-hydrogen) atoms. The van der Waals surface area contributed by atoms with Crippen molar-refractivity contribution in [2.75, 3.05) is 4.90 Å². The molecule has 2 atom stereocenters. The summed E-state index contributed by atoms with van der Waals surface area (Å²) in [6.07, 6.45) is 3.47. The molecule has 1 aromatic heterocycles. The monoisotopic (exact) mass is 398 g/mol. The fourth-order valence-electron chi connectivity index (χ4n) is 3.94. The number of imidazole rings is 1. The average molecular weight is 399 g/mol. The number of carbonyl (C=O) groups excluding carboxylic acids is 1. The van der Waals surface area contributed by atoms with Crippen LogP contribution in [0.1, 0.15) is 31.2 Å². The lowest BCUT2D eigenvalue weighted by Crippen LogP contribution is -2.35. The molecule has 3 aromatic rings. The van der Waals surface area contributed by atoms with Crippen molar-refractivity contribution in [2.45, 2.75) is 38.3 Å². The average Bonchev–Trinajstić information content (AvgIpc) is 3.24. The molecule has 1 heterocycles. The maximum absolute atomic E-state index is 13.2. The van der Waals surface area contributed by atoms with E-state index in [9.17, 15) is 9.59 Å². The Bertz CT molecular complexity index is 1040. The number of nitrogens with two attached hydrogens (primary N) is 1. The number of aromatic nitrogens is 2. The van der Waals surface area contributed by atoms with Crippen LogP contribution in [0.15, 0.2) is 47.3 Å². The summed E-state index contributed by atoms with van der Waals surface area (Å²) in [7, 11) is 0. The van der Waals surface area contributed by atoms with E-state index in [0.29, 0.717) is 29.0 Å². The van der Waals surface area contributed by atoms with Crippen LogP contribution in [-0.2, 0) is 11.3 Å². The van der Waals surface area contributed by atoms with Gasteiger partial charge in [-0.25, -0.2) is 4.79 Å². The second-order valence-electron chi connectivity index (χ2n) is 7.47. The lowest BCUT2D eigenvalue weighted by molar-refractivity contribution is -0.119. The Kier molecular flexibility index (Phi) is 5.24. The van der Waals surface area contributed by atoms with E-state index in [2.05, 4.69) is 9.97 Å². The number of anilines is 1. The van der Waals surface area contributed by atoms with E-state index in [1.807, 2.05) is 42.5 Å². The summed E-state index contributed by atoms with van der Waals surface area (Å²) in [5.74, 6) is 0.255. The van der Waals surface area contributed by atoms with Gasteiger partial charge in [-0.05, 0) is 54.7 Å². The standard InChI is InChI=1S/C21H23ClN4O2/c22-15-6-4-13(5-7-15)12-26(20(27)10-14-2-1-3-17(14)23)16-8-9-18-19(11-16)25-21(28)24-18/h4-9,11,14,17H,1-3,10,12,23H2,(H2,24,25,28)/t14-,17+/m0/s1. The molecule has 1 fully saturated rings. The first kappa shape index (κ1) is 18.8. The maximum Gasteiger partial charge on any atom is 0.323 e. The topological polar surface area (TPSA) is 95.0 Å². The first-order chi connectivity index (χ1) is 13.5. The Morgan fingerprint density at radius 2 is 1.86 bits per heavy atom. The Morgan fingerprint density at radius 3 is 2.57 bits per heavy atom. The molecule has 0 spiro atoms. The van der Waals surface area contributed by atoms with Gasteiger partial charge in [0.25, 0.3) is 0 Å². The number of amides is 1. The molecule has 0 aliphatic heterocycles. The molecular formula is C21H23ClN4O2. The summed E-state index contributed by atoms with van der Waals surface area (Å²) in [4.78, 5) is 32.0. The van der Waals surface area contributed by atoms with Crippen molar-refractivity contribution in [1.82, 2.24) is 9.97 Å². The van der Waals surface area contributed by atoms with Crippen LogP contribution in [0.5, 0.6) is 0 Å². The third kappa shape index (κ3) is 3.98. The molecule has 0 unspecified atom stereocenters. The predicted octanol–water partition coefficient (Wildman–Crippen LogP) is 3.56. The van der Waals surface area contributed by atoms with Crippen LogP contribution in [-0.4, -0.2) is 21.9 Å². The lowest BCUT2D eigenvalue weighted by Gasteiger charge is -2.25. The van der Waals surface area contributed by atoms with Crippen LogP contribution in [0.4, 0.5) is 5.69 Å². The summed E-state index contributed by atoms with van der Waals surface area (Å²) in [6.45, 7) is 0.429. The van der Waals surface area contributed by atoms with Gasteiger partial charge in [-0.1, -0.05) is 30.2 Å². The number of nitrogens with one attached hydrogen (secondary N) is 2. The molecule has 1 aliphatic rings. The van der Waals surface area contributed by atoms with Gasteiger partial charge in [0.1, 0.15) is 0 Å².